The Bertz CT molecular complexity index is 402. The van der Waals surface area contributed by atoms with Gasteiger partial charge in [0.1, 0.15) is 0 Å². The minimum atomic E-state index is -0.834. The largest absolute Gasteiger partial charge is 0.481 e. The second-order valence-electron chi connectivity index (χ2n) is 6.36. The predicted octanol–water partition coefficient (Wildman–Crippen LogP) is -0.100. The van der Waals surface area contributed by atoms with E-state index in [1.54, 1.807) is 9.80 Å². The third kappa shape index (κ3) is 3.85. The zero-order chi connectivity index (χ0) is 15.6. The van der Waals surface area contributed by atoms with E-state index in [4.69, 9.17) is 5.11 Å². The monoisotopic (exact) mass is 299 g/mol. The van der Waals surface area contributed by atoms with Crippen molar-refractivity contribution in [3.63, 3.8) is 0 Å². The number of piperidine rings is 1. The number of hydrogen-bond donors (Lipinski definition) is 2. The first kappa shape index (κ1) is 16.0. The Morgan fingerprint density at radius 1 is 1.29 bits per heavy atom. The molecule has 2 rings (SSSR count). The molecule has 2 amide bonds. The van der Waals surface area contributed by atoms with Crippen molar-refractivity contribution in [1.82, 2.24) is 14.7 Å². The molecule has 3 atom stereocenters. The summed E-state index contributed by atoms with van der Waals surface area (Å²) < 4.78 is 0. The molecular weight excluding hydrogens is 274 g/mol. The maximum absolute atomic E-state index is 12.6. The number of rotatable bonds is 3. The fraction of sp³-hybridized carbons (Fsp3) is 0.857. The molecule has 21 heavy (non-hydrogen) atoms. The first-order valence-electron chi connectivity index (χ1n) is 7.49. The van der Waals surface area contributed by atoms with Gasteiger partial charge in [0, 0.05) is 32.2 Å². The molecule has 0 saturated carbocycles. The van der Waals surface area contributed by atoms with E-state index in [0.717, 1.165) is 6.42 Å². The smallest absolute Gasteiger partial charge is 0.320 e. The number of likely N-dealkylation sites (N-methyl/N-ethyl adjacent to an activating group) is 1. The molecular formula is C14H25N3O4. The Balaban J connectivity index is 2.02. The van der Waals surface area contributed by atoms with Gasteiger partial charge in [0.25, 0.3) is 0 Å². The number of nitrogens with zero attached hydrogens (tertiary/aromatic N) is 3. The maximum atomic E-state index is 12.6. The van der Waals surface area contributed by atoms with Gasteiger partial charge >= 0.3 is 12.0 Å². The van der Waals surface area contributed by atoms with Crippen molar-refractivity contribution in [2.75, 3.05) is 40.3 Å². The van der Waals surface area contributed by atoms with Crippen molar-refractivity contribution in [2.45, 2.75) is 31.4 Å². The number of aliphatic hydroxyl groups is 1. The Hall–Kier alpha value is -1.34. The van der Waals surface area contributed by atoms with E-state index in [1.165, 1.54) is 0 Å². The average Bonchev–Trinajstić information content (AvgIpc) is 2.78. The predicted molar refractivity (Wildman–Crippen MR) is 77.0 cm³/mol. The molecule has 0 aromatic carbocycles. The first-order chi connectivity index (χ1) is 9.88. The zero-order valence-corrected chi connectivity index (χ0v) is 12.7. The van der Waals surface area contributed by atoms with E-state index in [2.05, 4.69) is 0 Å². The molecule has 3 unspecified atom stereocenters. The van der Waals surface area contributed by atoms with Gasteiger partial charge in [-0.25, -0.2) is 4.79 Å². The molecule has 2 heterocycles. The van der Waals surface area contributed by atoms with Crippen LogP contribution in [0, 0.1) is 5.92 Å². The van der Waals surface area contributed by atoms with Gasteiger partial charge in [0.2, 0.25) is 0 Å². The molecule has 2 saturated heterocycles. The Morgan fingerprint density at radius 2 is 2.00 bits per heavy atom. The van der Waals surface area contributed by atoms with Crippen LogP contribution in [0.15, 0.2) is 0 Å². The third-order valence-corrected chi connectivity index (χ3v) is 4.26. The van der Waals surface area contributed by atoms with E-state index in [0.29, 0.717) is 32.5 Å². The molecule has 7 heteroatoms. The number of aliphatic hydroxyl groups excluding tert-OH is 1. The van der Waals surface area contributed by atoms with Crippen molar-refractivity contribution < 1.29 is 19.8 Å². The van der Waals surface area contributed by atoms with E-state index < -0.39 is 18.0 Å². The number of carboxylic acids is 1. The highest BCUT2D eigenvalue weighted by atomic mass is 16.4. The quantitative estimate of drug-likeness (QED) is 0.760. The van der Waals surface area contributed by atoms with Crippen LogP contribution in [0.25, 0.3) is 0 Å². The summed E-state index contributed by atoms with van der Waals surface area (Å²) in [6.45, 7) is 1.92. The molecule has 2 aliphatic rings. The number of carboxylic acid groups (broad SMARTS) is 1. The van der Waals surface area contributed by atoms with Crippen LogP contribution < -0.4 is 0 Å². The van der Waals surface area contributed by atoms with Gasteiger partial charge in [-0.2, -0.15) is 0 Å². The van der Waals surface area contributed by atoms with Gasteiger partial charge < -0.3 is 24.9 Å². The summed E-state index contributed by atoms with van der Waals surface area (Å²) in [5.74, 6) is -1.30. The fourth-order valence-corrected chi connectivity index (χ4v) is 3.25. The zero-order valence-electron chi connectivity index (χ0n) is 12.7. The van der Waals surface area contributed by atoms with Crippen molar-refractivity contribution >= 4 is 12.0 Å². The summed E-state index contributed by atoms with van der Waals surface area (Å²) in [4.78, 5) is 29.1. The van der Waals surface area contributed by atoms with Gasteiger partial charge in [-0.1, -0.05) is 0 Å². The molecule has 0 spiro atoms. The van der Waals surface area contributed by atoms with Crippen LogP contribution in [-0.2, 0) is 4.79 Å². The summed E-state index contributed by atoms with van der Waals surface area (Å²) in [7, 11) is 3.88. The molecule has 0 radical (unpaired) electrons. The molecule has 0 aromatic rings. The number of carbonyl (C=O) groups is 2. The highest BCUT2D eigenvalue weighted by Crippen LogP contribution is 2.23. The number of aliphatic carboxylic acids is 1. The van der Waals surface area contributed by atoms with E-state index in [9.17, 15) is 14.7 Å². The molecule has 0 bridgehead atoms. The number of β-amino-alcohol motifs (C(OH)–C–C–N with tert-alkyl or cyclic N) is 1. The van der Waals surface area contributed by atoms with Crippen LogP contribution in [-0.4, -0.2) is 89.3 Å². The second kappa shape index (κ2) is 6.62. The first-order valence-corrected chi connectivity index (χ1v) is 7.49. The topological polar surface area (TPSA) is 84.3 Å². The number of carbonyl (C=O) groups excluding carboxylic acids is 1. The number of hydrogen-bond acceptors (Lipinski definition) is 4. The van der Waals surface area contributed by atoms with Gasteiger partial charge in [0.15, 0.2) is 0 Å². The molecule has 2 fully saturated rings. The van der Waals surface area contributed by atoms with Gasteiger partial charge in [0.05, 0.1) is 12.0 Å². The van der Waals surface area contributed by atoms with E-state index in [1.807, 2.05) is 19.0 Å². The highest BCUT2D eigenvalue weighted by Gasteiger charge is 2.38. The van der Waals surface area contributed by atoms with E-state index in [-0.39, 0.29) is 18.6 Å². The lowest BCUT2D eigenvalue weighted by Crippen LogP contribution is -2.51. The summed E-state index contributed by atoms with van der Waals surface area (Å²) >= 11 is 0. The van der Waals surface area contributed by atoms with Crippen LogP contribution in [0.3, 0.4) is 0 Å². The Labute approximate surface area is 125 Å². The van der Waals surface area contributed by atoms with Crippen LogP contribution in [0.5, 0.6) is 0 Å². The Kier molecular flexibility index (Phi) is 5.05. The van der Waals surface area contributed by atoms with Crippen LogP contribution in [0.1, 0.15) is 19.3 Å². The SMILES string of the molecule is CN(C)CC1CC(O)CN1C(=O)N1CCCC(C(=O)O)C1. The lowest BCUT2D eigenvalue weighted by molar-refractivity contribution is -0.143. The minimum Gasteiger partial charge on any atom is -0.481 e. The normalized spacial score (nSPS) is 30.0. The van der Waals surface area contributed by atoms with E-state index >= 15 is 0 Å². The molecule has 7 nitrogen and oxygen atoms in total. The molecule has 120 valence electrons. The lowest BCUT2D eigenvalue weighted by Gasteiger charge is -2.36. The van der Waals surface area contributed by atoms with Crippen LogP contribution >= 0.6 is 0 Å². The number of likely N-dealkylation sites (tertiary alicyclic amines) is 2. The van der Waals surface area contributed by atoms with Crippen LogP contribution in [0.4, 0.5) is 4.79 Å². The molecule has 2 aliphatic heterocycles. The van der Waals surface area contributed by atoms with Gasteiger partial charge in [-0.15, -0.1) is 0 Å². The maximum Gasteiger partial charge on any atom is 0.320 e. The molecule has 0 aromatic heterocycles. The summed E-state index contributed by atoms with van der Waals surface area (Å²) in [6, 6.07) is -0.142. The average molecular weight is 299 g/mol. The highest BCUT2D eigenvalue weighted by molar-refractivity contribution is 5.77. The van der Waals surface area contributed by atoms with Crippen molar-refractivity contribution in [3.8, 4) is 0 Å². The summed E-state index contributed by atoms with van der Waals surface area (Å²) in [6.07, 6.45) is 1.44. The second-order valence-corrected chi connectivity index (χ2v) is 6.36. The fourth-order valence-electron chi connectivity index (χ4n) is 3.25. The van der Waals surface area contributed by atoms with Crippen LogP contribution in [0.2, 0.25) is 0 Å². The van der Waals surface area contributed by atoms with Gasteiger partial charge in [-0.05, 0) is 33.4 Å². The number of urea groups is 1. The minimum absolute atomic E-state index is 0.00676. The summed E-state index contributed by atoms with van der Waals surface area (Å²) in [5, 5.41) is 19.0. The third-order valence-electron chi connectivity index (χ3n) is 4.26. The van der Waals surface area contributed by atoms with Crippen molar-refractivity contribution in [2.24, 2.45) is 5.92 Å². The standard InChI is InChI=1S/C14H25N3O4/c1-15(2)8-11-6-12(18)9-17(11)14(21)16-5-3-4-10(7-16)13(19)20/h10-12,18H,3-9H2,1-2H3,(H,19,20). The van der Waals surface area contributed by atoms with Crippen molar-refractivity contribution in [3.05, 3.63) is 0 Å². The number of amides is 2. The Morgan fingerprint density at radius 3 is 2.62 bits per heavy atom. The molecule has 0 aliphatic carbocycles. The van der Waals surface area contributed by atoms with Crippen molar-refractivity contribution in [1.29, 1.82) is 0 Å². The van der Waals surface area contributed by atoms with Gasteiger partial charge in [-0.3, -0.25) is 4.79 Å². The molecule has 2 N–H and O–H groups in total. The lowest BCUT2D eigenvalue weighted by atomic mass is 9.98. The summed E-state index contributed by atoms with van der Waals surface area (Å²) in [5.41, 5.74) is 0.